The molecular weight excluding hydrogens is 330 g/mol. The van der Waals surface area contributed by atoms with Crippen molar-refractivity contribution in [1.29, 1.82) is 0 Å². The van der Waals surface area contributed by atoms with Gasteiger partial charge in [-0.3, -0.25) is 14.4 Å². The summed E-state index contributed by atoms with van der Waals surface area (Å²) in [4.78, 5) is 37.9. The zero-order chi connectivity index (χ0) is 17.5. The molecule has 1 aliphatic rings. The van der Waals surface area contributed by atoms with Crippen molar-refractivity contribution in [3.63, 3.8) is 0 Å². The predicted molar refractivity (Wildman–Crippen MR) is 89.6 cm³/mol. The monoisotopic (exact) mass is 353 g/mol. The highest BCUT2D eigenvalue weighted by molar-refractivity contribution is 7.07. The van der Waals surface area contributed by atoms with Crippen LogP contribution in [0.25, 0.3) is 0 Å². The van der Waals surface area contributed by atoms with Crippen LogP contribution in [0.5, 0.6) is 0 Å². The van der Waals surface area contributed by atoms with Crippen molar-refractivity contribution in [1.82, 2.24) is 25.1 Å². The molecule has 1 aromatic heterocycles. The first-order valence-corrected chi connectivity index (χ1v) is 8.94. The zero-order valence-corrected chi connectivity index (χ0v) is 14.8. The van der Waals surface area contributed by atoms with E-state index in [1.165, 1.54) is 0 Å². The number of rotatable bonds is 5. The summed E-state index contributed by atoms with van der Waals surface area (Å²) in [6.45, 7) is 5.94. The number of hydrogen-bond acceptors (Lipinski definition) is 6. The summed E-state index contributed by atoms with van der Waals surface area (Å²) in [5, 5.41) is 9.09. The number of likely N-dealkylation sites (tertiary alicyclic amines) is 1. The van der Waals surface area contributed by atoms with Crippen molar-refractivity contribution in [2.45, 2.75) is 33.1 Å². The molecule has 3 amide bonds. The molecule has 2 N–H and O–H groups in total. The minimum atomic E-state index is -0.590. The molecule has 0 aliphatic carbocycles. The maximum absolute atomic E-state index is 12.4. The Balaban J connectivity index is 1.73. The molecule has 2 heterocycles. The smallest absolute Gasteiger partial charge is 0.309 e. The average Bonchev–Trinajstić information content (AvgIpc) is 3.03. The van der Waals surface area contributed by atoms with Gasteiger partial charge in [-0.25, -0.2) is 0 Å². The van der Waals surface area contributed by atoms with Gasteiger partial charge in [-0.15, -0.1) is 5.10 Å². The Morgan fingerprint density at radius 1 is 1.21 bits per heavy atom. The first kappa shape index (κ1) is 18.3. The summed E-state index contributed by atoms with van der Waals surface area (Å²) in [6, 6.07) is 0. The maximum Gasteiger partial charge on any atom is 0.309 e. The Labute approximate surface area is 145 Å². The Morgan fingerprint density at radius 2 is 1.88 bits per heavy atom. The van der Waals surface area contributed by atoms with Crippen LogP contribution in [0.4, 0.5) is 0 Å². The van der Waals surface area contributed by atoms with Crippen molar-refractivity contribution in [3.8, 4) is 0 Å². The van der Waals surface area contributed by atoms with Crippen LogP contribution in [0.2, 0.25) is 0 Å². The van der Waals surface area contributed by atoms with Crippen molar-refractivity contribution >= 4 is 29.3 Å². The van der Waals surface area contributed by atoms with Gasteiger partial charge < -0.3 is 15.5 Å². The molecule has 24 heavy (non-hydrogen) atoms. The highest BCUT2D eigenvalue weighted by Crippen LogP contribution is 2.20. The fourth-order valence-electron chi connectivity index (χ4n) is 2.55. The van der Waals surface area contributed by atoms with Gasteiger partial charge in [-0.05, 0) is 43.6 Å². The number of aromatic nitrogens is 2. The fourth-order valence-corrected chi connectivity index (χ4v) is 3.17. The van der Waals surface area contributed by atoms with Crippen LogP contribution in [0.15, 0.2) is 0 Å². The lowest BCUT2D eigenvalue weighted by Gasteiger charge is -2.31. The van der Waals surface area contributed by atoms with E-state index in [0.29, 0.717) is 36.8 Å². The topological polar surface area (TPSA) is 104 Å². The van der Waals surface area contributed by atoms with Crippen molar-refractivity contribution < 1.29 is 14.4 Å². The van der Waals surface area contributed by atoms with E-state index in [-0.39, 0.29) is 11.8 Å². The third-order valence-corrected chi connectivity index (χ3v) is 4.86. The molecule has 0 bridgehead atoms. The maximum atomic E-state index is 12.4. The van der Waals surface area contributed by atoms with Gasteiger partial charge in [-0.2, -0.15) is 0 Å². The average molecular weight is 353 g/mol. The van der Waals surface area contributed by atoms with Gasteiger partial charge in [0.15, 0.2) is 0 Å². The third-order valence-electron chi connectivity index (χ3n) is 4.04. The Hall–Kier alpha value is -2.03. The lowest BCUT2D eigenvalue weighted by atomic mass is 9.96. The van der Waals surface area contributed by atoms with Gasteiger partial charge in [0.1, 0.15) is 4.88 Å². The summed E-state index contributed by atoms with van der Waals surface area (Å²) in [5.41, 5.74) is 0.664. The van der Waals surface area contributed by atoms with Crippen LogP contribution in [-0.2, 0) is 9.59 Å². The molecule has 2 rings (SSSR count). The molecule has 0 unspecified atom stereocenters. The third kappa shape index (κ3) is 4.73. The Bertz CT molecular complexity index is 596. The van der Waals surface area contributed by atoms with E-state index in [0.717, 1.165) is 30.8 Å². The fraction of sp³-hybridized carbons (Fsp3) is 0.667. The molecular formula is C15H23N5O3S. The summed E-state index contributed by atoms with van der Waals surface area (Å²) < 4.78 is 3.80. The summed E-state index contributed by atoms with van der Waals surface area (Å²) in [6.07, 6.45) is 2.39. The summed E-state index contributed by atoms with van der Waals surface area (Å²) in [5.74, 6) is -0.924. The summed E-state index contributed by atoms with van der Waals surface area (Å²) in [7, 11) is 0. The molecule has 1 aromatic rings. The minimum absolute atomic E-state index is 0.0241. The second kappa shape index (κ2) is 8.72. The number of aryl methyl sites for hydroxylation is 1. The number of carbonyl (C=O) groups excluding carboxylic acids is 3. The zero-order valence-electron chi connectivity index (χ0n) is 14.0. The van der Waals surface area contributed by atoms with Gasteiger partial charge >= 0.3 is 11.8 Å². The van der Waals surface area contributed by atoms with Crippen molar-refractivity contribution in [2.24, 2.45) is 5.92 Å². The standard InChI is InChI=1S/C15H23N5O3S/c1-3-6-16-13(21)14(22)17-9-11-4-7-20(8-5-11)15(23)12-10(2)18-19-24-12/h11H,3-9H2,1-2H3,(H,16,21)(H,17,22). The lowest BCUT2D eigenvalue weighted by Crippen LogP contribution is -2.44. The molecule has 8 nitrogen and oxygen atoms in total. The second-order valence-electron chi connectivity index (χ2n) is 5.89. The first-order valence-electron chi connectivity index (χ1n) is 8.17. The molecule has 0 spiro atoms. The highest BCUT2D eigenvalue weighted by Gasteiger charge is 2.26. The molecule has 0 saturated carbocycles. The van der Waals surface area contributed by atoms with Crippen molar-refractivity contribution in [2.75, 3.05) is 26.2 Å². The number of carbonyl (C=O) groups is 3. The molecule has 1 aliphatic heterocycles. The van der Waals surface area contributed by atoms with Crippen LogP contribution in [0.1, 0.15) is 41.6 Å². The Kier molecular flexibility index (Phi) is 6.65. The van der Waals surface area contributed by atoms with Crippen LogP contribution >= 0.6 is 11.5 Å². The van der Waals surface area contributed by atoms with E-state index in [9.17, 15) is 14.4 Å². The van der Waals surface area contributed by atoms with Gasteiger partial charge in [0.25, 0.3) is 5.91 Å². The molecule has 9 heteroatoms. The molecule has 132 valence electrons. The molecule has 0 radical (unpaired) electrons. The first-order chi connectivity index (χ1) is 11.5. The number of nitrogens with zero attached hydrogens (tertiary/aromatic N) is 3. The largest absolute Gasteiger partial charge is 0.348 e. The van der Waals surface area contributed by atoms with E-state index in [2.05, 4.69) is 20.2 Å². The number of piperidine rings is 1. The number of amides is 3. The van der Waals surface area contributed by atoms with Crippen LogP contribution in [-0.4, -0.2) is 58.4 Å². The van der Waals surface area contributed by atoms with Crippen LogP contribution in [0, 0.1) is 12.8 Å². The quantitative estimate of drug-likeness (QED) is 0.743. The normalized spacial score (nSPS) is 15.2. The van der Waals surface area contributed by atoms with Gasteiger partial charge in [0, 0.05) is 26.2 Å². The van der Waals surface area contributed by atoms with Crippen LogP contribution in [0.3, 0.4) is 0 Å². The van der Waals surface area contributed by atoms with E-state index >= 15 is 0 Å². The molecule has 1 saturated heterocycles. The molecule has 0 atom stereocenters. The van der Waals surface area contributed by atoms with E-state index in [1.54, 1.807) is 11.8 Å². The molecule has 1 fully saturated rings. The second-order valence-corrected chi connectivity index (χ2v) is 6.64. The lowest BCUT2D eigenvalue weighted by molar-refractivity contribution is -0.139. The van der Waals surface area contributed by atoms with E-state index in [4.69, 9.17) is 0 Å². The number of nitrogens with one attached hydrogen (secondary N) is 2. The highest BCUT2D eigenvalue weighted by atomic mass is 32.1. The van der Waals surface area contributed by atoms with Crippen molar-refractivity contribution in [3.05, 3.63) is 10.6 Å². The van der Waals surface area contributed by atoms with Crippen LogP contribution < -0.4 is 10.6 Å². The van der Waals surface area contributed by atoms with E-state index < -0.39 is 11.8 Å². The Morgan fingerprint density at radius 3 is 2.46 bits per heavy atom. The SMILES string of the molecule is CCCNC(=O)C(=O)NCC1CCN(C(=O)c2snnc2C)CC1. The molecule has 0 aromatic carbocycles. The van der Waals surface area contributed by atoms with Gasteiger partial charge in [-0.1, -0.05) is 11.4 Å². The number of hydrogen-bond donors (Lipinski definition) is 2. The predicted octanol–water partition coefficient (Wildman–Crippen LogP) is 0.341. The van der Waals surface area contributed by atoms with Gasteiger partial charge in [0.2, 0.25) is 0 Å². The summed E-state index contributed by atoms with van der Waals surface area (Å²) >= 11 is 1.12. The van der Waals surface area contributed by atoms with E-state index in [1.807, 2.05) is 6.92 Å². The minimum Gasteiger partial charge on any atom is -0.348 e. The van der Waals surface area contributed by atoms with Gasteiger partial charge in [0.05, 0.1) is 5.69 Å².